The fourth-order valence-electron chi connectivity index (χ4n) is 2.52. The topological polar surface area (TPSA) is 44.4 Å². The van der Waals surface area contributed by atoms with Gasteiger partial charge in [0.15, 0.2) is 0 Å². The summed E-state index contributed by atoms with van der Waals surface area (Å²) in [6.07, 6.45) is 1.03. The Morgan fingerprint density at radius 3 is 2.95 bits per heavy atom. The van der Waals surface area contributed by atoms with Gasteiger partial charge in [-0.1, -0.05) is 12.1 Å². The number of nitrogens with zero attached hydrogens (tertiary/aromatic N) is 1. The van der Waals surface area contributed by atoms with E-state index in [2.05, 4.69) is 40.7 Å². The molecule has 0 saturated carbocycles. The molecule has 2 rings (SSSR count). The van der Waals surface area contributed by atoms with Gasteiger partial charge >= 0.3 is 0 Å². The Labute approximate surface area is 115 Å². The Bertz CT molecular complexity index is 459. The van der Waals surface area contributed by atoms with Crippen LogP contribution in [0.1, 0.15) is 31.0 Å². The molecule has 0 spiro atoms. The number of carbonyl (C=O) groups excluding carboxylic acids is 1. The molecule has 19 heavy (non-hydrogen) atoms. The van der Waals surface area contributed by atoms with Crippen LogP contribution in [-0.2, 0) is 11.2 Å². The molecule has 1 aromatic rings. The van der Waals surface area contributed by atoms with Crippen molar-refractivity contribution in [3.8, 4) is 0 Å². The van der Waals surface area contributed by atoms with Crippen LogP contribution in [0.3, 0.4) is 0 Å². The quantitative estimate of drug-likeness (QED) is 0.843. The molecule has 4 nitrogen and oxygen atoms in total. The largest absolute Gasteiger partial charge is 0.362 e. The van der Waals surface area contributed by atoms with Gasteiger partial charge in [-0.15, -0.1) is 0 Å². The molecule has 2 N–H and O–H groups in total. The first kappa shape index (κ1) is 13.9. The molecule has 1 aliphatic heterocycles. The minimum atomic E-state index is 0.100. The van der Waals surface area contributed by atoms with Gasteiger partial charge < -0.3 is 15.5 Å². The highest BCUT2D eigenvalue weighted by Crippen LogP contribution is 2.30. The van der Waals surface area contributed by atoms with Crippen molar-refractivity contribution in [3.63, 3.8) is 0 Å². The lowest BCUT2D eigenvalue weighted by molar-refractivity contribution is -0.119. The van der Waals surface area contributed by atoms with Crippen LogP contribution in [0.2, 0.25) is 0 Å². The Kier molecular flexibility index (Phi) is 4.43. The van der Waals surface area contributed by atoms with E-state index in [1.165, 1.54) is 16.8 Å². The van der Waals surface area contributed by atoms with Gasteiger partial charge in [0.25, 0.3) is 0 Å². The zero-order chi connectivity index (χ0) is 13.8. The number of fused-ring (bicyclic) bond motifs is 1. The van der Waals surface area contributed by atoms with Gasteiger partial charge in [-0.3, -0.25) is 4.79 Å². The second-order valence-corrected chi connectivity index (χ2v) is 5.02. The molecule has 104 valence electrons. The summed E-state index contributed by atoms with van der Waals surface area (Å²) in [7, 11) is 1.97. The van der Waals surface area contributed by atoms with Gasteiger partial charge in [0.2, 0.25) is 5.91 Å². The minimum absolute atomic E-state index is 0.100. The summed E-state index contributed by atoms with van der Waals surface area (Å²) in [4.78, 5) is 13.8. The number of hydrogen-bond acceptors (Lipinski definition) is 3. The van der Waals surface area contributed by atoms with Crippen molar-refractivity contribution in [2.75, 3.05) is 31.6 Å². The molecule has 0 aromatic heterocycles. The number of anilines is 1. The van der Waals surface area contributed by atoms with E-state index in [-0.39, 0.29) is 5.91 Å². The SMILES string of the molecule is CCNC(=O)CN1CCc2cc(C(C)NC)ccc21. The average molecular weight is 261 g/mol. The molecule has 0 fully saturated rings. The van der Waals surface area contributed by atoms with Crippen molar-refractivity contribution in [1.29, 1.82) is 0 Å². The van der Waals surface area contributed by atoms with Crippen LogP contribution in [0.4, 0.5) is 5.69 Å². The maximum atomic E-state index is 11.7. The molecule has 4 heteroatoms. The summed E-state index contributed by atoms with van der Waals surface area (Å²) in [5.74, 6) is 0.100. The van der Waals surface area contributed by atoms with E-state index in [1.54, 1.807) is 0 Å². The number of benzene rings is 1. The summed E-state index contributed by atoms with van der Waals surface area (Å²) in [6, 6.07) is 6.91. The maximum absolute atomic E-state index is 11.7. The van der Waals surface area contributed by atoms with E-state index in [0.717, 1.165) is 13.0 Å². The molecular weight excluding hydrogens is 238 g/mol. The maximum Gasteiger partial charge on any atom is 0.239 e. The highest BCUT2D eigenvalue weighted by atomic mass is 16.2. The summed E-state index contributed by atoms with van der Waals surface area (Å²) in [5, 5.41) is 6.11. The molecule has 0 saturated heterocycles. The molecule has 0 aliphatic carbocycles. The third-order valence-electron chi connectivity index (χ3n) is 3.74. The Hall–Kier alpha value is -1.55. The van der Waals surface area contributed by atoms with Gasteiger partial charge in [-0.2, -0.15) is 0 Å². The zero-order valence-electron chi connectivity index (χ0n) is 12.0. The van der Waals surface area contributed by atoms with Gasteiger partial charge in [-0.25, -0.2) is 0 Å². The van der Waals surface area contributed by atoms with Crippen molar-refractivity contribution in [2.24, 2.45) is 0 Å². The van der Waals surface area contributed by atoms with Crippen molar-refractivity contribution >= 4 is 11.6 Å². The molecule has 0 radical (unpaired) electrons. The second kappa shape index (κ2) is 6.06. The fourth-order valence-corrected chi connectivity index (χ4v) is 2.52. The van der Waals surface area contributed by atoms with Crippen LogP contribution >= 0.6 is 0 Å². The first-order valence-corrected chi connectivity index (χ1v) is 6.97. The number of likely N-dealkylation sites (N-methyl/N-ethyl adjacent to an activating group) is 1. The lowest BCUT2D eigenvalue weighted by Gasteiger charge is -2.19. The van der Waals surface area contributed by atoms with Crippen LogP contribution in [0.25, 0.3) is 0 Å². The van der Waals surface area contributed by atoms with Gasteiger partial charge in [0, 0.05) is 24.8 Å². The molecule has 1 unspecified atom stereocenters. The predicted molar refractivity (Wildman–Crippen MR) is 78.5 cm³/mol. The van der Waals surface area contributed by atoms with E-state index >= 15 is 0 Å². The Balaban J connectivity index is 2.11. The van der Waals surface area contributed by atoms with Crippen LogP contribution < -0.4 is 15.5 Å². The van der Waals surface area contributed by atoms with Gasteiger partial charge in [0.05, 0.1) is 6.54 Å². The number of rotatable bonds is 5. The molecule has 1 aliphatic rings. The number of hydrogen-bond donors (Lipinski definition) is 2. The van der Waals surface area contributed by atoms with Gasteiger partial charge in [0.1, 0.15) is 0 Å². The third kappa shape index (κ3) is 3.07. The van der Waals surface area contributed by atoms with Crippen LogP contribution in [0.15, 0.2) is 18.2 Å². The molecule has 1 heterocycles. The highest BCUT2D eigenvalue weighted by Gasteiger charge is 2.21. The lowest BCUT2D eigenvalue weighted by Crippen LogP contribution is -2.36. The first-order chi connectivity index (χ1) is 9.15. The van der Waals surface area contributed by atoms with Crippen molar-refractivity contribution < 1.29 is 4.79 Å². The molecule has 1 aromatic carbocycles. The van der Waals surface area contributed by atoms with Crippen LogP contribution in [-0.4, -0.2) is 32.6 Å². The summed E-state index contributed by atoms with van der Waals surface area (Å²) in [6.45, 7) is 6.19. The van der Waals surface area contributed by atoms with E-state index in [0.29, 0.717) is 19.1 Å². The van der Waals surface area contributed by atoms with E-state index in [9.17, 15) is 4.79 Å². The summed E-state index contributed by atoms with van der Waals surface area (Å²) in [5.41, 5.74) is 3.86. The monoisotopic (exact) mass is 261 g/mol. The standard InChI is InChI=1S/C15H23N3O/c1-4-17-15(19)10-18-8-7-13-9-12(11(2)16-3)5-6-14(13)18/h5-6,9,11,16H,4,7-8,10H2,1-3H3,(H,17,19). The first-order valence-electron chi connectivity index (χ1n) is 6.97. The van der Waals surface area contributed by atoms with Crippen molar-refractivity contribution in [3.05, 3.63) is 29.3 Å². The normalized spacial score (nSPS) is 15.2. The molecular formula is C15H23N3O. The lowest BCUT2D eigenvalue weighted by atomic mass is 10.0. The molecule has 0 bridgehead atoms. The van der Waals surface area contributed by atoms with Crippen molar-refractivity contribution in [2.45, 2.75) is 26.3 Å². The van der Waals surface area contributed by atoms with E-state index < -0.39 is 0 Å². The molecule has 1 amide bonds. The number of carbonyl (C=O) groups is 1. The average Bonchev–Trinajstić information content (AvgIpc) is 2.80. The number of amides is 1. The zero-order valence-corrected chi connectivity index (χ0v) is 12.0. The van der Waals surface area contributed by atoms with Crippen LogP contribution in [0, 0.1) is 0 Å². The van der Waals surface area contributed by atoms with E-state index in [1.807, 2.05) is 14.0 Å². The fraction of sp³-hybridized carbons (Fsp3) is 0.533. The van der Waals surface area contributed by atoms with Crippen molar-refractivity contribution in [1.82, 2.24) is 10.6 Å². The smallest absolute Gasteiger partial charge is 0.239 e. The van der Waals surface area contributed by atoms with Gasteiger partial charge in [-0.05, 0) is 44.5 Å². The number of nitrogens with one attached hydrogen (secondary N) is 2. The summed E-state index contributed by atoms with van der Waals surface area (Å²) >= 11 is 0. The Morgan fingerprint density at radius 2 is 2.26 bits per heavy atom. The third-order valence-corrected chi connectivity index (χ3v) is 3.74. The molecule has 1 atom stereocenters. The predicted octanol–water partition coefficient (Wildman–Crippen LogP) is 1.47. The summed E-state index contributed by atoms with van der Waals surface area (Å²) < 4.78 is 0. The minimum Gasteiger partial charge on any atom is -0.362 e. The highest BCUT2D eigenvalue weighted by molar-refractivity contribution is 5.82. The Morgan fingerprint density at radius 1 is 1.47 bits per heavy atom. The van der Waals surface area contributed by atoms with Crippen LogP contribution in [0.5, 0.6) is 0 Å². The van der Waals surface area contributed by atoms with E-state index in [4.69, 9.17) is 0 Å². The second-order valence-electron chi connectivity index (χ2n) is 5.02.